The van der Waals surface area contributed by atoms with Crippen LogP contribution < -0.4 is 4.74 Å². The number of ether oxygens (including phenoxy) is 1. The smallest absolute Gasteiger partial charge is 0.216 e. The molecule has 0 fully saturated rings. The van der Waals surface area contributed by atoms with Gasteiger partial charge in [0.1, 0.15) is 12.4 Å². The van der Waals surface area contributed by atoms with E-state index in [4.69, 9.17) is 17.0 Å². The predicted octanol–water partition coefficient (Wildman–Crippen LogP) is 5.12. The molecule has 0 unspecified atom stereocenters. The Labute approximate surface area is 165 Å². The van der Waals surface area contributed by atoms with Crippen LogP contribution in [0.15, 0.2) is 58.1 Å². The summed E-state index contributed by atoms with van der Waals surface area (Å²) in [5.41, 5.74) is 2.05. The van der Waals surface area contributed by atoms with Crippen molar-refractivity contribution in [1.29, 1.82) is 0 Å². The van der Waals surface area contributed by atoms with Crippen LogP contribution in [0.25, 0.3) is 0 Å². The lowest BCUT2D eigenvalue weighted by atomic mass is 10.2. The van der Waals surface area contributed by atoms with Crippen molar-refractivity contribution in [1.82, 2.24) is 14.9 Å². The van der Waals surface area contributed by atoms with Crippen molar-refractivity contribution in [3.05, 3.63) is 74.7 Å². The number of halogens is 1. The molecule has 1 N–H and O–H groups in total. The fourth-order valence-electron chi connectivity index (χ4n) is 2.39. The Hall–Kier alpha value is -2.25. The van der Waals surface area contributed by atoms with Crippen LogP contribution in [-0.2, 0) is 13.0 Å². The van der Waals surface area contributed by atoms with E-state index in [0.717, 1.165) is 40.0 Å². The third kappa shape index (κ3) is 4.89. The molecule has 2 aromatic carbocycles. The number of H-pyrrole nitrogens is 1. The standard InChI is InChI=1S/C19H19BrN4OS/c1-2-4-18-22-23-19(26)24(18)21-12-15-5-3-6-17(11-15)25-13-14-7-9-16(20)10-8-14/h3,5-12H,2,4,13H2,1H3,(H,23,26)/b21-12-. The topological polar surface area (TPSA) is 55.2 Å². The van der Waals surface area contributed by atoms with Crippen molar-refractivity contribution in [2.75, 3.05) is 0 Å². The van der Waals surface area contributed by atoms with E-state index in [1.807, 2.05) is 48.5 Å². The van der Waals surface area contributed by atoms with Crippen molar-refractivity contribution >= 4 is 34.4 Å². The zero-order valence-corrected chi connectivity index (χ0v) is 16.8. The quantitative estimate of drug-likeness (QED) is 0.418. The molecule has 5 nitrogen and oxygen atoms in total. The molecule has 0 atom stereocenters. The highest BCUT2D eigenvalue weighted by Gasteiger charge is 2.03. The molecule has 0 bridgehead atoms. The minimum atomic E-state index is 0.493. The van der Waals surface area contributed by atoms with Crippen molar-refractivity contribution < 1.29 is 4.74 Å². The van der Waals surface area contributed by atoms with E-state index in [2.05, 4.69) is 38.2 Å². The molecule has 0 amide bonds. The fourth-order valence-corrected chi connectivity index (χ4v) is 2.85. The van der Waals surface area contributed by atoms with E-state index in [1.54, 1.807) is 10.9 Å². The lowest BCUT2D eigenvalue weighted by molar-refractivity contribution is 0.306. The first-order chi connectivity index (χ1) is 12.7. The summed E-state index contributed by atoms with van der Waals surface area (Å²) >= 11 is 8.67. The maximum atomic E-state index is 5.87. The minimum absolute atomic E-state index is 0.493. The first-order valence-corrected chi connectivity index (χ1v) is 9.54. The second-order valence-corrected chi connectivity index (χ2v) is 7.04. The van der Waals surface area contributed by atoms with Gasteiger partial charge in [0.2, 0.25) is 4.77 Å². The molecule has 3 aromatic rings. The fraction of sp³-hybridized carbons (Fsp3) is 0.211. The maximum absolute atomic E-state index is 5.87. The summed E-state index contributed by atoms with van der Waals surface area (Å²) in [6, 6.07) is 15.9. The Bertz CT molecular complexity index is 947. The molecule has 1 heterocycles. The monoisotopic (exact) mass is 430 g/mol. The predicted molar refractivity (Wildman–Crippen MR) is 109 cm³/mol. The normalized spacial score (nSPS) is 11.2. The summed E-state index contributed by atoms with van der Waals surface area (Å²) < 4.78 is 9.08. The zero-order valence-electron chi connectivity index (χ0n) is 14.4. The number of hydrogen-bond donors (Lipinski definition) is 1. The van der Waals surface area contributed by atoms with Crippen molar-refractivity contribution in [3.8, 4) is 5.75 Å². The van der Waals surface area contributed by atoms with Gasteiger partial charge in [-0.1, -0.05) is 47.1 Å². The van der Waals surface area contributed by atoms with Gasteiger partial charge in [-0.15, -0.1) is 0 Å². The number of rotatable bonds is 7. The van der Waals surface area contributed by atoms with Gasteiger partial charge in [-0.05, 0) is 54.0 Å². The van der Waals surface area contributed by atoms with Crippen LogP contribution >= 0.6 is 28.1 Å². The van der Waals surface area contributed by atoms with Gasteiger partial charge in [0.15, 0.2) is 5.82 Å². The molecule has 0 saturated carbocycles. The van der Waals surface area contributed by atoms with E-state index < -0.39 is 0 Å². The summed E-state index contributed by atoms with van der Waals surface area (Å²) in [5.74, 6) is 1.62. The molecule has 3 rings (SSSR count). The Balaban J connectivity index is 1.70. The second kappa shape index (κ2) is 8.91. The van der Waals surface area contributed by atoms with Gasteiger partial charge in [-0.2, -0.15) is 14.9 Å². The third-order valence-corrected chi connectivity index (χ3v) is 4.48. The number of nitrogens with one attached hydrogen (secondary N) is 1. The number of aromatic amines is 1. The Morgan fingerprint density at radius 2 is 2.08 bits per heavy atom. The van der Waals surface area contributed by atoms with Gasteiger partial charge in [0, 0.05) is 10.9 Å². The van der Waals surface area contributed by atoms with Crippen molar-refractivity contribution in [2.45, 2.75) is 26.4 Å². The van der Waals surface area contributed by atoms with Gasteiger partial charge < -0.3 is 4.74 Å². The highest BCUT2D eigenvalue weighted by Crippen LogP contribution is 2.16. The Morgan fingerprint density at radius 3 is 2.85 bits per heavy atom. The lowest BCUT2D eigenvalue weighted by Crippen LogP contribution is -1.99. The summed E-state index contributed by atoms with van der Waals surface area (Å²) in [5, 5.41) is 11.5. The molecule has 0 saturated heterocycles. The molecule has 0 aliphatic carbocycles. The number of nitrogens with zero attached hydrogens (tertiary/aromatic N) is 3. The van der Waals surface area contributed by atoms with E-state index in [0.29, 0.717) is 11.4 Å². The molecule has 134 valence electrons. The van der Waals surface area contributed by atoms with Gasteiger partial charge in [0.05, 0.1) is 6.21 Å². The molecule has 7 heteroatoms. The van der Waals surface area contributed by atoms with Crippen LogP contribution in [0.5, 0.6) is 5.75 Å². The Morgan fingerprint density at radius 1 is 1.27 bits per heavy atom. The molecular formula is C19H19BrN4OS. The minimum Gasteiger partial charge on any atom is -0.489 e. The highest BCUT2D eigenvalue weighted by atomic mass is 79.9. The molecule has 0 spiro atoms. The summed E-state index contributed by atoms with van der Waals surface area (Å²) in [4.78, 5) is 0. The average Bonchev–Trinajstić information content (AvgIpc) is 3.00. The number of aromatic nitrogens is 3. The van der Waals surface area contributed by atoms with Crippen LogP contribution in [0, 0.1) is 4.77 Å². The van der Waals surface area contributed by atoms with Crippen LogP contribution in [0.2, 0.25) is 0 Å². The van der Waals surface area contributed by atoms with E-state index >= 15 is 0 Å². The van der Waals surface area contributed by atoms with Crippen LogP contribution in [0.3, 0.4) is 0 Å². The first-order valence-electron chi connectivity index (χ1n) is 8.33. The second-order valence-electron chi connectivity index (χ2n) is 5.74. The molecule has 1 aromatic heterocycles. The lowest BCUT2D eigenvalue weighted by Gasteiger charge is -2.07. The van der Waals surface area contributed by atoms with Gasteiger partial charge in [0.25, 0.3) is 0 Å². The maximum Gasteiger partial charge on any atom is 0.216 e. The van der Waals surface area contributed by atoms with E-state index in [-0.39, 0.29) is 0 Å². The average molecular weight is 431 g/mol. The molecule has 0 aliphatic rings. The number of hydrogen-bond acceptors (Lipinski definition) is 4. The van der Waals surface area contributed by atoms with Gasteiger partial charge >= 0.3 is 0 Å². The van der Waals surface area contributed by atoms with Crippen LogP contribution in [-0.4, -0.2) is 21.1 Å². The Kier molecular flexibility index (Phi) is 6.35. The molecule has 0 aliphatic heterocycles. The SMILES string of the molecule is CCCc1n[nH]c(=S)n1/N=C\c1cccc(OCc2ccc(Br)cc2)c1. The van der Waals surface area contributed by atoms with Gasteiger partial charge in [-0.25, -0.2) is 0 Å². The van der Waals surface area contributed by atoms with Crippen LogP contribution in [0.1, 0.15) is 30.3 Å². The summed E-state index contributed by atoms with van der Waals surface area (Å²) in [6.45, 7) is 2.61. The number of aryl methyl sites for hydroxylation is 1. The first kappa shape index (κ1) is 18.5. The molecule has 0 radical (unpaired) electrons. The van der Waals surface area contributed by atoms with Crippen LogP contribution in [0.4, 0.5) is 0 Å². The third-order valence-electron chi connectivity index (χ3n) is 3.69. The summed E-state index contributed by atoms with van der Waals surface area (Å²) in [6.07, 6.45) is 3.56. The molecular weight excluding hydrogens is 412 g/mol. The van der Waals surface area contributed by atoms with Crippen molar-refractivity contribution in [2.24, 2.45) is 5.10 Å². The van der Waals surface area contributed by atoms with E-state index in [1.165, 1.54) is 0 Å². The van der Waals surface area contributed by atoms with E-state index in [9.17, 15) is 0 Å². The zero-order chi connectivity index (χ0) is 18.4. The van der Waals surface area contributed by atoms with Gasteiger partial charge in [-0.3, -0.25) is 5.10 Å². The largest absolute Gasteiger partial charge is 0.489 e. The number of benzene rings is 2. The summed E-state index contributed by atoms with van der Waals surface area (Å²) in [7, 11) is 0. The highest BCUT2D eigenvalue weighted by molar-refractivity contribution is 9.10. The van der Waals surface area contributed by atoms with Crippen molar-refractivity contribution in [3.63, 3.8) is 0 Å². The molecule has 26 heavy (non-hydrogen) atoms.